The van der Waals surface area contributed by atoms with Crippen molar-refractivity contribution < 1.29 is 0 Å². The molecule has 4 heterocycles. The maximum absolute atomic E-state index is 4.59. The Kier molecular flexibility index (Phi) is 3.66. The lowest BCUT2D eigenvalue weighted by Gasteiger charge is -2.18. The molecule has 0 aliphatic carbocycles. The summed E-state index contributed by atoms with van der Waals surface area (Å²) in [5, 5.41) is 2.04. The Labute approximate surface area is 142 Å². The van der Waals surface area contributed by atoms with Crippen LogP contribution in [0, 0.1) is 6.92 Å². The van der Waals surface area contributed by atoms with Gasteiger partial charge in [0.15, 0.2) is 10.8 Å². The number of aromatic nitrogens is 6. The first-order valence-corrected chi connectivity index (χ1v) is 8.32. The highest BCUT2D eigenvalue weighted by atomic mass is 32.1. The van der Waals surface area contributed by atoms with Gasteiger partial charge in [0.05, 0.1) is 17.9 Å². The van der Waals surface area contributed by atoms with E-state index in [1.165, 1.54) is 0 Å². The predicted octanol–water partition coefficient (Wildman–Crippen LogP) is 2.59. The molecule has 24 heavy (non-hydrogen) atoms. The van der Waals surface area contributed by atoms with Crippen molar-refractivity contribution in [2.45, 2.75) is 13.5 Å². The number of imidazole rings is 1. The Morgan fingerprint density at radius 2 is 2.00 bits per heavy atom. The van der Waals surface area contributed by atoms with Crippen LogP contribution in [0.25, 0.3) is 16.5 Å². The molecule has 0 unspecified atom stereocenters. The van der Waals surface area contributed by atoms with Crippen LogP contribution in [-0.2, 0) is 6.54 Å². The van der Waals surface area contributed by atoms with Gasteiger partial charge in [-0.15, -0.1) is 11.3 Å². The van der Waals surface area contributed by atoms with Crippen LogP contribution in [0.4, 0.5) is 5.82 Å². The van der Waals surface area contributed by atoms with Crippen LogP contribution in [0.3, 0.4) is 0 Å². The third kappa shape index (κ3) is 2.61. The molecule has 7 nitrogen and oxygen atoms in total. The topological polar surface area (TPSA) is 72.1 Å². The zero-order valence-corrected chi connectivity index (χ0v) is 14.1. The van der Waals surface area contributed by atoms with Crippen molar-refractivity contribution in [3.8, 4) is 11.5 Å². The van der Waals surface area contributed by atoms with Crippen molar-refractivity contribution in [2.75, 3.05) is 11.9 Å². The normalized spacial score (nSPS) is 11.1. The van der Waals surface area contributed by atoms with Gasteiger partial charge in [-0.05, 0) is 13.0 Å². The van der Waals surface area contributed by atoms with E-state index in [1.807, 2.05) is 31.6 Å². The third-order valence-corrected chi connectivity index (χ3v) is 4.54. The molecular weight excluding hydrogens is 322 g/mol. The van der Waals surface area contributed by atoms with Gasteiger partial charge in [-0.25, -0.2) is 24.9 Å². The number of fused-ring (bicyclic) bond motifs is 1. The number of anilines is 1. The van der Waals surface area contributed by atoms with Gasteiger partial charge in [0.2, 0.25) is 0 Å². The van der Waals surface area contributed by atoms with Gasteiger partial charge in [-0.1, -0.05) is 0 Å². The van der Waals surface area contributed by atoms with E-state index in [0.29, 0.717) is 18.1 Å². The Hall–Kier alpha value is -2.87. The lowest BCUT2D eigenvalue weighted by Crippen LogP contribution is -2.19. The van der Waals surface area contributed by atoms with E-state index in [-0.39, 0.29) is 0 Å². The molecular formula is C16H15N7S. The summed E-state index contributed by atoms with van der Waals surface area (Å²) in [5.41, 5.74) is 2.90. The highest BCUT2D eigenvalue weighted by molar-refractivity contribution is 7.15. The second-order valence-electron chi connectivity index (χ2n) is 5.39. The summed E-state index contributed by atoms with van der Waals surface area (Å²) in [7, 11) is 2.00. The average molecular weight is 337 g/mol. The van der Waals surface area contributed by atoms with E-state index in [4.69, 9.17) is 0 Å². The number of aryl methyl sites for hydroxylation is 1. The molecule has 120 valence electrons. The molecule has 8 heteroatoms. The standard InChI is InChI=1S/C16H15N7S/c1-11-13(23-6-7-24-16(23)21-11)9-22(2)14-8-12(19-10-20-14)15-17-4-3-5-18-15/h3-8,10H,9H2,1-2H3. The minimum atomic E-state index is 0.593. The predicted molar refractivity (Wildman–Crippen MR) is 93.0 cm³/mol. The molecule has 0 radical (unpaired) electrons. The molecule has 0 spiro atoms. The minimum absolute atomic E-state index is 0.593. The maximum atomic E-state index is 4.59. The quantitative estimate of drug-likeness (QED) is 0.570. The SMILES string of the molecule is Cc1nc2sccn2c1CN(C)c1cc(-c2ncccn2)ncn1. The number of thiazole rings is 1. The van der Waals surface area contributed by atoms with Crippen LogP contribution < -0.4 is 4.90 Å². The molecule has 0 atom stereocenters. The maximum Gasteiger partial charge on any atom is 0.194 e. The van der Waals surface area contributed by atoms with Crippen molar-refractivity contribution in [1.29, 1.82) is 0 Å². The summed E-state index contributed by atoms with van der Waals surface area (Å²) in [5.74, 6) is 1.41. The van der Waals surface area contributed by atoms with Crippen molar-refractivity contribution in [2.24, 2.45) is 0 Å². The Balaban J connectivity index is 1.64. The second-order valence-corrected chi connectivity index (χ2v) is 6.26. The second kappa shape index (κ2) is 5.97. The molecule has 0 fully saturated rings. The fraction of sp³-hybridized carbons (Fsp3) is 0.188. The van der Waals surface area contributed by atoms with E-state index in [2.05, 4.69) is 34.2 Å². The third-order valence-electron chi connectivity index (χ3n) is 3.79. The van der Waals surface area contributed by atoms with E-state index in [1.54, 1.807) is 36.1 Å². The molecule has 0 aromatic carbocycles. The van der Waals surface area contributed by atoms with Gasteiger partial charge in [0, 0.05) is 37.1 Å². The molecule has 4 aromatic heterocycles. The van der Waals surface area contributed by atoms with Crippen LogP contribution in [-0.4, -0.2) is 36.4 Å². The fourth-order valence-corrected chi connectivity index (χ4v) is 3.32. The smallest absolute Gasteiger partial charge is 0.194 e. The summed E-state index contributed by atoms with van der Waals surface area (Å²) in [6.45, 7) is 2.74. The first kappa shape index (κ1) is 14.7. The van der Waals surface area contributed by atoms with Crippen LogP contribution in [0.5, 0.6) is 0 Å². The van der Waals surface area contributed by atoms with Crippen LogP contribution in [0.2, 0.25) is 0 Å². The summed E-state index contributed by atoms with van der Waals surface area (Å²) in [6.07, 6.45) is 7.00. The molecule has 0 amide bonds. The van der Waals surface area contributed by atoms with E-state index < -0.39 is 0 Å². The van der Waals surface area contributed by atoms with E-state index >= 15 is 0 Å². The van der Waals surface area contributed by atoms with Crippen LogP contribution in [0.15, 0.2) is 42.4 Å². The highest BCUT2D eigenvalue weighted by Crippen LogP contribution is 2.21. The zero-order valence-electron chi connectivity index (χ0n) is 13.3. The fourth-order valence-electron chi connectivity index (χ4n) is 2.55. The number of nitrogens with zero attached hydrogens (tertiary/aromatic N) is 7. The summed E-state index contributed by atoms with van der Waals surface area (Å²) in [6, 6.07) is 3.68. The number of rotatable bonds is 4. The van der Waals surface area contributed by atoms with Crippen molar-refractivity contribution in [3.63, 3.8) is 0 Å². The van der Waals surface area contributed by atoms with Gasteiger partial charge < -0.3 is 4.90 Å². The number of hydrogen-bond donors (Lipinski definition) is 0. The van der Waals surface area contributed by atoms with E-state index in [0.717, 1.165) is 22.2 Å². The molecule has 0 saturated carbocycles. The average Bonchev–Trinajstić information content (AvgIpc) is 3.18. The summed E-state index contributed by atoms with van der Waals surface area (Å²) in [4.78, 5) is 24.8. The lowest BCUT2D eigenvalue weighted by molar-refractivity contribution is 0.843. The molecule has 0 saturated heterocycles. The summed E-state index contributed by atoms with van der Waals surface area (Å²) < 4.78 is 2.12. The van der Waals surface area contributed by atoms with Gasteiger partial charge in [-0.3, -0.25) is 4.40 Å². The minimum Gasteiger partial charge on any atom is -0.354 e. The first-order chi connectivity index (χ1) is 11.7. The van der Waals surface area contributed by atoms with Crippen molar-refractivity contribution in [1.82, 2.24) is 29.3 Å². The Morgan fingerprint density at radius 3 is 2.83 bits per heavy atom. The molecule has 0 aliphatic rings. The summed E-state index contributed by atoms with van der Waals surface area (Å²) >= 11 is 1.64. The Bertz CT molecular complexity index is 976. The monoisotopic (exact) mass is 337 g/mol. The van der Waals surface area contributed by atoms with Crippen molar-refractivity contribution in [3.05, 3.63) is 53.8 Å². The van der Waals surface area contributed by atoms with E-state index in [9.17, 15) is 0 Å². The molecule has 0 bridgehead atoms. The molecule has 0 aliphatic heterocycles. The van der Waals surface area contributed by atoms with Gasteiger partial charge in [-0.2, -0.15) is 0 Å². The zero-order chi connectivity index (χ0) is 16.5. The van der Waals surface area contributed by atoms with Gasteiger partial charge in [0.1, 0.15) is 17.8 Å². The first-order valence-electron chi connectivity index (χ1n) is 7.44. The largest absolute Gasteiger partial charge is 0.354 e. The van der Waals surface area contributed by atoms with Gasteiger partial charge in [0.25, 0.3) is 0 Å². The van der Waals surface area contributed by atoms with Gasteiger partial charge >= 0.3 is 0 Å². The molecule has 0 N–H and O–H groups in total. The molecule has 4 rings (SSSR count). The Morgan fingerprint density at radius 1 is 1.17 bits per heavy atom. The van der Waals surface area contributed by atoms with Crippen molar-refractivity contribution >= 4 is 22.1 Å². The van der Waals surface area contributed by atoms with Crippen LogP contribution in [0.1, 0.15) is 11.4 Å². The number of hydrogen-bond acceptors (Lipinski definition) is 7. The van der Waals surface area contributed by atoms with Crippen LogP contribution >= 0.6 is 11.3 Å². The molecule has 4 aromatic rings. The highest BCUT2D eigenvalue weighted by Gasteiger charge is 2.14. The lowest BCUT2D eigenvalue weighted by atomic mass is 10.3.